The van der Waals surface area contributed by atoms with E-state index in [4.69, 9.17) is 25.3 Å². The van der Waals surface area contributed by atoms with Crippen molar-refractivity contribution in [2.75, 3.05) is 49.9 Å². The average molecular weight is 545 g/mol. The number of hydrogen-bond donors (Lipinski definition) is 4. The van der Waals surface area contributed by atoms with E-state index in [0.29, 0.717) is 10.7 Å². The second-order valence-electron chi connectivity index (χ2n) is 10.1. The van der Waals surface area contributed by atoms with E-state index in [1.165, 1.54) is 69.2 Å². The highest BCUT2D eigenvalue weighted by Gasteiger charge is 2.11. The van der Waals surface area contributed by atoms with Crippen molar-refractivity contribution in [3.63, 3.8) is 0 Å². The van der Waals surface area contributed by atoms with Crippen molar-refractivity contribution in [1.82, 2.24) is 9.80 Å². The Balaban J connectivity index is 1.47. The topological polar surface area (TPSA) is 30.5 Å². The summed E-state index contributed by atoms with van der Waals surface area (Å²) in [6.45, 7) is 11.1. The number of rotatable bonds is 22. The van der Waals surface area contributed by atoms with Crippen LogP contribution in [-0.2, 0) is 0 Å². The van der Waals surface area contributed by atoms with E-state index in [2.05, 4.69) is 94.9 Å². The summed E-state index contributed by atoms with van der Waals surface area (Å²) in [5.41, 5.74) is 2.43. The number of nitrogens with zero attached hydrogens (tertiary/aromatic N) is 2. The van der Waals surface area contributed by atoms with Crippen LogP contribution in [0.1, 0.15) is 71.6 Å². The number of hydrogen-bond acceptors (Lipinski definition) is 6. The second kappa shape index (κ2) is 20.6. The van der Waals surface area contributed by atoms with Crippen LogP contribution in [0.3, 0.4) is 0 Å². The minimum atomic E-state index is 0.329. The van der Waals surface area contributed by atoms with Crippen LogP contribution in [0.5, 0.6) is 0 Å². The predicted molar refractivity (Wildman–Crippen MR) is 171 cm³/mol. The van der Waals surface area contributed by atoms with E-state index in [1.807, 2.05) is 0 Å². The molecule has 0 fully saturated rings. The first kappa shape index (κ1) is 31.9. The predicted octanol–water partition coefficient (Wildman–Crippen LogP) is 7.88. The summed E-state index contributed by atoms with van der Waals surface area (Å²) in [5, 5.41) is 7.67. The molecule has 0 aromatic heterocycles. The molecule has 6 heteroatoms. The first-order valence-corrected chi connectivity index (χ1v) is 15.5. The number of unbranched alkanes of at least 4 members (excludes halogenated alkanes) is 6. The molecule has 208 valence electrons. The number of nitrogens with one attached hydrogen (secondary N) is 2. The maximum atomic E-state index is 4.73. The molecule has 0 bridgehead atoms. The van der Waals surface area contributed by atoms with Crippen molar-refractivity contribution >= 4 is 36.6 Å². The largest absolute Gasteiger partial charge is 0.385 e. The molecule has 0 aliphatic rings. The van der Waals surface area contributed by atoms with Gasteiger partial charge in [-0.3, -0.25) is 9.80 Å². The van der Waals surface area contributed by atoms with Gasteiger partial charge >= 0.3 is 0 Å². The zero-order valence-corrected chi connectivity index (χ0v) is 25.1. The fourth-order valence-corrected chi connectivity index (χ4v) is 5.05. The first-order valence-electron chi connectivity index (χ1n) is 14.5. The van der Waals surface area contributed by atoms with Gasteiger partial charge in [-0.2, -0.15) is 25.3 Å². The minimum absolute atomic E-state index is 0.329. The third kappa shape index (κ3) is 15.6. The highest BCUT2D eigenvalue weighted by Crippen LogP contribution is 2.13. The summed E-state index contributed by atoms with van der Waals surface area (Å²) in [7, 11) is 0. The lowest BCUT2D eigenvalue weighted by Crippen LogP contribution is -2.32. The highest BCUT2D eigenvalue weighted by atomic mass is 32.1. The van der Waals surface area contributed by atoms with Gasteiger partial charge in [-0.1, -0.05) is 55.7 Å². The Bertz CT molecular complexity index is 708. The summed E-state index contributed by atoms with van der Waals surface area (Å²) < 4.78 is 0. The molecule has 0 amide bonds. The van der Waals surface area contributed by atoms with Crippen molar-refractivity contribution in [1.29, 1.82) is 0 Å². The van der Waals surface area contributed by atoms with Crippen molar-refractivity contribution in [2.45, 2.75) is 82.4 Å². The molecule has 2 atom stereocenters. The number of thiol groups is 2. The molecule has 4 nitrogen and oxygen atoms in total. The van der Waals surface area contributed by atoms with Crippen LogP contribution in [0.15, 0.2) is 60.7 Å². The molecule has 0 aliphatic heterocycles. The lowest BCUT2D eigenvalue weighted by molar-refractivity contribution is 0.250. The minimum Gasteiger partial charge on any atom is -0.385 e. The van der Waals surface area contributed by atoms with Crippen LogP contribution >= 0.6 is 25.3 Å². The van der Waals surface area contributed by atoms with Gasteiger partial charge in [0.05, 0.1) is 0 Å². The molecular weight excluding hydrogens is 493 g/mol. The Morgan fingerprint density at radius 2 is 0.838 bits per heavy atom. The third-order valence-corrected chi connectivity index (χ3v) is 7.55. The Morgan fingerprint density at radius 3 is 1.19 bits per heavy atom. The maximum absolute atomic E-state index is 4.73. The van der Waals surface area contributed by atoms with E-state index < -0.39 is 0 Å². The molecule has 0 saturated heterocycles. The number of anilines is 2. The number of benzene rings is 2. The quantitative estimate of drug-likeness (QED) is 0.0690. The van der Waals surface area contributed by atoms with Crippen LogP contribution in [0, 0.1) is 0 Å². The molecule has 0 radical (unpaired) electrons. The summed E-state index contributed by atoms with van der Waals surface area (Å²) in [5.74, 6) is 0. The highest BCUT2D eigenvalue weighted by molar-refractivity contribution is 7.81. The van der Waals surface area contributed by atoms with E-state index in [0.717, 1.165) is 39.3 Å². The van der Waals surface area contributed by atoms with Crippen molar-refractivity contribution in [2.24, 2.45) is 0 Å². The van der Waals surface area contributed by atoms with Gasteiger partial charge in [0.1, 0.15) is 0 Å². The van der Waals surface area contributed by atoms with Crippen LogP contribution < -0.4 is 10.6 Å². The van der Waals surface area contributed by atoms with E-state index in [9.17, 15) is 0 Å². The standard InChI is InChI=1S/C31H52N4S2/c1-28(36)34(26-16-12-22-32-30-18-8-6-9-19-30)24-14-4-3-5-15-25-35(29(2)37)27-17-13-23-33-31-20-10-7-11-21-31/h6-11,18-21,28-29,32-33,36-37H,3-5,12-17,22-27H2,1-2H3. The summed E-state index contributed by atoms with van der Waals surface area (Å²) in [6, 6.07) is 21.0. The zero-order valence-electron chi connectivity index (χ0n) is 23.3. The molecule has 37 heavy (non-hydrogen) atoms. The molecule has 2 aromatic rings. The average Bonchev–Trinajstić information content (AvgIpc) is 2.90. The fourth-order valence-electron chi connectivity index (χ4n) is 4.59. The normalized spacial score (nSPS) is 13.1. The first-order chi connectivity index (χ1) is 18.1. The van der Waals surface area contributed by atoms with Gasteiger partial charge in [0.25, 0.3) is 0 Å². The van der Waals surface area contributed by atoms with Crippen molar-refractivity contribution in [3.8, 4) is 0 Å². The van der Waals surface area contributed by atoms with Gasteiger partial charge in [0, 0.05) is 35.2 Å². The fraction of sp³-hybridized carbons (Fsp3) is 0.613. The lowest BCUT2D eigenvalue weighted by atomic mass is 10.1. The van der Waals surface area contributed by atoms with Crippen LogP contribution in [0.25, 0.3) is 0 Å². The van der Waals surface area contributed by atoms with Gasteiger partial charge in [-0.05, 0) is 103 Å². The van der Waals surface area contributed by atoms with Crippen LogP contribution in [-0.4, -0.2) is 59.8 Å². The molecule has 0 aliphatic carbocycles. The Morgan fingerprint density at radius 1 is 0.514 bits per heavy atom. The molecular formula is C31H52N4S2. The van der Waals surface area contributed by atoms with Crippen molar-refractivity contribution in [3.05, 3.63) is 60.7 Å². The summed E-state index contributed by atoms with van der Waals surface area (Å²) >= 11 is 9.46. The Kier molecular flexibility index (Phi) is 17.7. The smallest absolute Gasteiger partial charge is 0.0499 e. The maximum Gasteiger partial charge on any atom is 0.0499 e. The van der Waals surface area contributed by atoms with Gasteiger partial charge < -0.3 is 10.6 Å². The van der Waals surface area contributed by atoms with E-state index in [1.54, 1.807) is 0 Å². The Hall–Kier alpha value is -1.34. The Labute approximate surface area is 238 Å². The molecule has 0 heterocycles. The monoisotopic (exact) mass is 544 g/mol. The van der Waals surface area contributed by atoms with E-state index in [-0.39, 0.29) is 0 Å². The zero-order chi connectivity index (χ0) is 26.6. The summed E-state index contributed by atoms with van der Waals surface area (Å²) in [6.07, 6.45) is 11.3. The van der Waals surface area contributed by atoms with Crippen LogP contribution in [0.2, 0.25) is 0 Å². The van der Waals surface area contributed by atoms with Crippen molar-refractivity contribution < 1.29 is 0 Å². The van der Waals surface area contributed by atoms with E-state index >= 15 is 0 Å². The number of para-hydroxylation sites is 2. The lowest BCUT2D eigenvalue weighted by Gasteiger charge is -2.26. The second-order valence-corrected chi connectivity index (χ2v) is 11.6. The molecule has 2 N–H and O–H groups in total. The van der Waals surface area contributed by atoms with Crippen LogP contribution in [0.4, 0.5) is 11.4 Å². The SMILES string of the molecule is CC(S)N(CCCCCCCN(CCCCNc1ccccc1)C(C)S)CCCCNc1ccccc1. The third-order valence-electron chi connectivity index (χ3n) is 6.90. The van der Waals surface area contributed by atoms with Gasteiger partial charge in [-0.15, -0.1) is 0 Å². The van der Waals surface area contributed by atoms with Gasteiger partial charge in [0.15, 0.2) is 0 Å². The molecule has 2 rings (SSSR count). The van der Waals surface area contributed by atoms with Gasteiger partial charge in [-0.25, -0.2) is 0 Å². The molecule has 2 unspecified atom stereocenters. The van der Waals surface area contributed by atoms with Gasteiger partial charge in [0.2, 0.25) is 0 Å². The molecule has 0 saturated carbocycles. The molecule has 0 spiro atoms. The summed E-state index contributed by atoms with van der Waals surface area (Å²) in [4.78, 5) is 5.06. The molecule has 2 aromatic carbocycles.